The second kappa shape index (κ2) is 6.11. The molecule has 6 nitrogen and oxygen atoms in total. The van der Waals surface area contributed by atoms with Crippen molar-refractivity contribution < 1.29 is 21.6 Å². The van der Waals surface area contributed by atoms with E-state index in [1.54, 1.807) is 0 Å². The fraction of sp³-hybridized carbons (Fsp3) is 0.364. The minimum absolute atomic E-state index is 0.0689. The van der Waals surface area contributed by atoms with Crippen molar-refractivity contribution in [1.82, 2.24) is 5.32 Å². The van der Waals surface area contributed by atoms with E-state index in [4.69, 9.17) is 10.7 Å². The third-order valence-corrected chi connectivity index (χ3v) is 4.81. The van der Waals surface area contributed by atoms with Gasteiger partial charge in [0.15, 0.2) is 9.84 Å². The van der Waals surface area contributed by atoms with Gasteiger partial charge >= 0.3 is 0 Å². The highest BCUT2D eigenvalue weighted by Crippen LogP contribution is 2.22. The molecule has 0 aromatic heterocycles. The number of benzene rings is 1. The van der Waals surface area contributed by atoms with Crippen LogP contribution in [0.2, 0.25) is 0 Å². The SMILES string of the molecule is CCCNC(=O)c1cc(S(C)(=O)=O)cc(S(=O)(=O)Cl)c1. The van der Waals surface area contributed by atoms with Gasteiger partial charge in [-0.25, -0.2) is 16.8 Å². The van der Waals surface area contributed by atoms with Gasteiger partial charge in [0, 0.05) is 29.0 Å². The summed E-state index contributed by atoms with van der Waals surface area (Å²) in [4.78, 5) is 11.1. The minimum Gasteiger partial charge on any atom is -0.352 e. The van der Waals surface area contributed by atoms with Gasteiger partial charge in [-0.05, 0) is 24.6 Å². The van der Waals surface area contributed by atoms with Crippen LogP contribution in [0.1, 0.15) is 23.7 Å². The van der Waals surface area contributed by atoms with Crippen molar-refractivity contribution in [3.8, 4) is 0 Å². The van der Waals surface area contributed by atoms with Gasteiger partial charge in [0.25, 0.3) is 15.0 Å². The topological polar surface area (TPSA) is 97.4 Å². The fourth-order valence-electron chi connectivity index (χ4n) is 1.40. The number of nitrogens with one attached hydrogen (secondary N) is 1. The molecule has 0 aliphatic rings. The summed E-state index contributed by atoms with van der Waals surface area (Å²) >= 11 is 0. The zero-order chi connectivity index (χ0) is 15.6. The van der Waals surface area contributed by atoms with Crippen LogP contribution in [0.15, 0.2) is 28.0 Å². The Hall–Kier alpha value is -1.12. The average Bonchev–Trinajstić information content (AvgIpc) is 2.33. The number of carbonyl (C=O) groups excluding carboxylic acids is 1. The molecular weight excluding hydrogens is 326 g/mol. The molecule has 0 heterocycles. The second-order valence-electron chi connectivity index (χ2n) is 4.16. The summed E-state index contributed by atoms with van der Waals surface area (Å²) in [6, 6.07) is 3.09. The number of carbonyl (C=O) groups is 1. The first-order valence-corrected chi connectivity index (χ1v) is 9.84. The summed E-state index contributed by atoms with van der Waals surface area (Å²) in [5, 5.41) is 2.53. The van der Waals surface area contributed by atoms with E-state index < -0.39 is 29.7 Å². The molecule has 9 heteroatoms. The van der Waals surface area contributed by atoms with Crippen LogP contribution in [0, 0.1) is 0 Å². The van der Waals surface area contributed by atoms with E-state index in [1.807, 2.05) is 6.92 Å². The Labute approximate surface area is 122 Å². The van der Waals surface area contributed by atoms with Gasteiger partial charge < -0.3 is 5.32 Å². The maximum atomic E-state index is 11.8. The number of sulfone groups is 1. The van der Waals surface area contributed by atoms with Crippen LogP contribution in [0.4, 0.5) is 0 Å². The molecule has 0 saturated heterocycles. The summed E-state index contributed by atoms with van der Waals surface area (Å²) in [7, 11) is -2.59. The Kier molecular flexibility index (Phi) is 5.17. The predicted octanol–water partition coefficient (Wildman–Crippen LogP) is 1.16. The normalized spacial score (nSPS) is 12.2. The van der Waals surface area contributed by atoms with E-state index in [0.29, 0.717) is 13.0 Å². The lowest BCUT2D eigenvalue weighted by molar-refractivity contribution is 0.0953. The molecule has 0 radical (unpaired) electrons. The van der Waals surface area contributed by atoms with Crippen LogP contribution in [0.5, 0.6) is 0 Å². The summed E-state index contributed by atoms with van der Waals surface area (Å²) in [5.41, 5.74) is -0.0689. The molecule has 0 fully saturated rings. The van der Waals surface area contributed by atoms with Gasteiger partial charge in [0.1, 0.15) is 0 Å². The highest BCUT2D eigenvalue weighted by molar-refractivity contribution is 8.13. The zero-order valence-corrected chi connectivity index (χ0v) is 13.3. The number of amides is 1. The van der Waals surface area contributed by atoms with Gasteiger partial charge in [-0.3, -0.25) is 4.79 Å². The van der Waals surface area contributed by atoms with E-state index in [1.165, 1.54) is 0 Å². The molecule has 20 heavy (non-hydrogen) atoms. The Balaban J connectivity index is 3.43. The first kappa shape index (κ1) is 16.9. The maximum Gasteiger partial charge on any atom is 0.261 e. The maximum absolute atomic E-state index is 11.8. The minimum atomic E-state index is -4.13. The van der Waals surface area contributed by atoms with Crippen molar-refractivity contribution in [3.63, 3.8) is 0 Å². The van der Waals surface area contributed by atoms with E-state index in [9.17, 15) is 21.6 Å². The lowest BCUT2D eigenvalue weighted by atomic mass is 10.2. The monoisotopic (exact) mass is 339 g/mol. The summed E-state index contributed by atoms with van der Waals surface area (Å²) < 4.78 is 45.7. The highest BCUT2D eigenvalue weighted by atomic mass is 35.7. The predicted molar refractivity (Wildman–Crippen MR) is 75.2 cm³/mol. The zero-order valence-electron chi connectivity index (χ0n) is 10.9. The largest absolute Gasteiger partial charge is 0.352 e. The van der Waals surface area contributed by atoms with E-state index in [0.717, 1.165) is 24.5 Å². The third-order valence-electron chi connectivity index (χ3n) is 2.39. The second-order valence-corrected chi connectivity index (χ2v) is 8.74. The highest BCUT2D eigenvalue weighted by Gasteiger charge is 2.19. The van der Waals surface area contributed by atoms with Gasteiger partial charge in [0.05, 0.1) is 9.79 Å². The molecule has 0 saturated carbocycles. The molecular formula is C11H14ClNO5S2. The van der Waals surface area contributed by atoms with E-state index >= 15 is 0 Å². The van der Waals surface area contributed by atoms with Crippen molar-refractivity contribution in [2.45, 2.75) is 23.1 Å². The number of hydrogen-bond donors (Lipinski definition) is 1. The summed E-state index contributed by atoms with van der Waals surface area (Å²) in [6.45, 7) is 2.24. The van der Waals surface area contributed by atoms with Crippen molar-refractivity contribution in [2.24, 2.45) is 0 Å². The first-order chi connectivity index (χ1) is 9.05. The summed E-state index contributed by atoms with van der Waals surface area (Å²) in [6.07, 6.45) is 1.61. The lowest BCUT2D eigenvalue weighted by Gasteiger charge is -2.07. The van der Waals surface area contributed by atoms with E-state index in [-0.39, 0.29) is 10.5 Å². The molecule has 112 valence electrons. The fourth-order valence-corrected chi connectivity index (χ4v) is 2.96. The third kappa shape index (κ3) is 4.46. The quantitative estimate of drug-likeness (QED) is 0.812. The number of rotatable bonds is 5. The van der Waals surface area contributed by atoms with Crippen LogP contribution in [0.3, 0.4) is 0 Å². The van der Waals surface area contributed by atoms with Gasteiger partial charge in [-0.2, -0.15) is 0 Å². The van der Waals surface area contributed by atoms with Crippen molar-refractivity contribution in [2.75, 3.05) is 12.8 Å². The van der Waals surface area contributed by atoms with Crippen LogP contribution in [0.25, 0.3) is 0 Å². The van der Waals surface area contributed by atoms with Crippen molar-refractivity contribution in [3.05, 3.63) is 23.8 Å². The van der Waals surface area contributed by atoms with Gasteiger partial charge in [-0.15, -0.1) is 0 Å². The van der Waals surface area contributed by atoms with Crippen LogP contribution in [-0.2, 0) is 18.9 Å². The molecule has 0 spiro atoms. The Morgan fingerprint density at radius 3 is 2.15 bits per heavy atom. The number of hydrogen-bond acceptors (Lipinski definition) is 5. The molecule has 0 unspecified atom stereocenters. The van der Waals surface area contributed by atoms with Crippen molar-refractivity contribution >= 4 is 35.5 Å². The molecule has 0 atom stereocenters. The Morgan fingerprint density at radius 1 is 1.15 bits per heavy atom. The molecule has 0 aliphatic heterocycles. The molecule has 0 aliphatic carbocycles. The smallest absolute Gasteiger partial charge is 0.261 e. The summed E-state index contributed by atoms with van der Waals surface area (Å²) in [5.74, 6) is -0.557. The molecule has 0 bridgehead atoms. The molecule has 1 aromatic rings. The lowest BCUT2D eigenvalue weighted by Crippen LogP contribution is -2.24. The Morgan fingerprint density at radius 2 is 1.70 bits per heavy atom. The van der Waals surface area contributed by atoms with Gasteiger partial charge in [0.2, 0.25) is 0 Å². The van der Waals surface area contributed by atoms with E-state index in [2.05, 4.69) is 5.32 Å². The van der Waals surface area contributed by atoms with Gasteiger partial charge in [-0.1, -0.05) is 6.92 Å². The Bertz CT molecular complexity index is 675. The standard InChI is InChI=1S/C11H14ClNO5S2/c1-3-4-13-11(14)8-5-9(19(2,15)16)7-10(6-8)20(12,17)18/h5-7H,3-4H2,1-2H3,(H,13,14). The molecule has 1 aromatic carbocycles. The van der Waals surface area contributed by atoms with Crippen LogP contribution in [-0.4, -0.2) is 35.5 Å². The first-order valence-electron chi connectivity index (χ1n) is 5.63. The van der Waals surface area contributed by atoms with Crippen LogP contribution >= 0.6 is 10.7 Å². The van der Waals surface area contributed by atoms with Crippen molar-refractivity contribution in [1.29, 1.82) is 0 Å². The molecule has 1 amide bonds. The van der Waals surface area contributed by atoms with Crippen LogP contribution < -0.4 is 5.32 Å². The average molecular weight is 340 g/mol. The number of halogens is 1. The molecule has 1 rings (SSSR count). The molecule has 1 N–H and O–H groups in total.